The van der Waals surface area contributed by atoms with Crippen molar-refractivity contribution in [3.63, 3.8) is 0 Å². The van der Waals surface area contributed by atoms with Gasteiger partial charge in [0.1, 0.15) is 0 Å². The van der Waals surface area contributed by atoms with Crippen LogP contribution in [0.25, 0.3) is 0 Å². The molecule has 0 saturated carbocycles. The molecule has 0 spiro atoms. The molecule has 4 heteroatoms. The van der Waals surface area contributed by atoms with Crippen molar-refractivity contribution < 1.29 is 4.79 Å². The van der Waals surface area contributed by atoms with Crippen LogP contribution in [0.2, 0.25) is 5.02 Å². The van der Waals surface area contributed by atoms with E-state index < -0.39 is 0 Å². The van der Waals surface area contributed by atoms with E-state index in [0.29, 0.717) is 13.1 Å². The standard InChI is InChI=1S/C16H15BrClNO/c1-19(10-12-6-8-13(18)9-7-12)11-16(20)14-4-2-3-5-15(14)17/h2-9H,10-11H2,1H3. The topological polar surface area (TPSA) is 20.3 Å². The van der Waals surface area contributed by atoms with Crippen molar-refractivity contribution in [2.75, 3.05) is 13.6 Å². The second kappa shape index (κ2) is 7.02. The van der Waals surface area contributed by atoms with E-state index in [0.717, 1.165) is 20.6 Å². The molecule has 0 N–H and O–H groups in total. The molecular weight excluding hydrogens is 338 g/mol. The summed E-state index contributed by atoms with van der Waals surface area (Å²) in [5.41, 5.74) is 1.85. The monoisotopic (exact) mass is 351 g/mol. The van der Waals surface area contributed by atoms with Crippen LogP contribution in [0.15, 0.2) is 53.0 Å². The van der Waals surface area contributed by atoms with Crippen LogP contribution in [0.3, 0.4) is 0 Å². The fourth-order valence-electron chi connectivity index (χ4n) is 1.98. The maximum Gasteiger partial charge on any atom is 0.177 e. The molecule has 2 rings (SSSR count). The fourth-order valence-corrected chi connectivity index (χ4v) is 2.61. The Morgan fingerprint density at radius 2 is 1.80 bits per heavy atom. The first-order valence-electron chi connectivity index (χ1n) is 6.27. The first-order chi connectivity index (χ1) is 9.56. The molecule has 0 radical (unpaired) electrons. The second-order valence-electron chi connectivity index (χ2n) is 4.70. The SMILES string of the molecule is CN(CC(=O)c1ccccc1Br)Cc1ccc(Cl)cc1. The molecule has 0 aliphatic rings. The molecule has 0 aliphatic heterocycles. The van der Waals surface area contributed by atoms with Gasteiger partial charge in [0.2, 0.25) is 0 Å². The van der Waals surface area contributed by atoms with Gasteiger partial charge in [0.25, 0.3) is 0 Å². The second-order valence-corrected chi connectivity index (χ2v) is 5.99. The number of Topliss-reactive ketones (excluding diaryl/α,β-unsaturated/α-hetero) is 1. The van der Waals surface area contributed by atoms with Gasteiger partial charge in [0, 0.05) is 21.6 Å². The minimum atomic E-state index is 0.105. The highest BCUT2D eigenvalue weighted by Gasteiger charge is 2.12. The molecule has 0 unspecified atom stereocenters. The van der Waals surface area contributed by atoms with E-state index in [-0.39, 0.29) is 5.78 Å². The van der Waals surface area contributed by atoms with Gasteiger partial charge < -0.3 is 0 Å². The summed E-state index contributed by atoms with van der Waals surface area (Å²) >= 11 is 9.26. The summed E-state index contributed by atoms with van der Waals surface area (Å²) in [4.78, 5) is 14.2. The van der Waals surface area contributed by atoms with E-state index in [1.165, 1.54) is 0 Å². The Labute approximate surface area is 132 Å². The van der Waals surface area contributed by atoms with E-state index in [2.05, 4.69) is 15.9 Å². The van der Waals surface area contributed by atoms with Gasteiger partial charge in [0.15, 0.2) is 5.78 Å². The number of hydrogen-bond donors (Lipinski definition) is 0. The molecule has 0 amide bonds. The summed E-state index contributed by atoms with van der Waals surface area (Å²) in [5, 5.41) is 0.723. The van der Waals surface area contributed by atoms with Gasteiger partial charge in [-0.2, -0.15) is 0 Å². The molecule has 20 heavy (non-hydrogen) atoms. The van der Waals surface area contributed by atoms with Crippen molar-refractivity contribution in [3.05, 3.63) is 69.2 Å². The van der Waals surface area contributed by atoms with Gasteiger partial charge in [-0.05, 0) is 30.8 Å². The molecular formula is C16H15BrClNO. The van der Waals surface area contributed by atoms with E-state index in [1.54, 1.807) is 0 Å². The summed E-state index contributed by atoms with van der Waals surface area (Å²) in [5.74, 6) is 0.105. The quantitative estimate of drug-likeness (QED) is 0.743. The van der Waals surface area contributed by atoms with Crippen molar-refractivity contribution in [1.29, 1.82) is 0 Å². The summed E-state index contributed by atoms with van der Waals surface area (Å²) in [7, 11) is 1.93. The van der Waals surface area contributed by atoms with Crippen molar-refractivity contribution >= 4 is 33.3 Å². The Kier molecular flexibility index (Phi) is 5.35. The number of nitrogens with zero attached hydrogens (tertiary/aromatic N) is 1. The minimum Gasteiger partial charge on any atom is -0.295 e. The molecule has 0 saturated heterocycles. The molecule has 2 nitrogen and oxygen atoms in total. The summed E-state index contributed by atoms with van der Waals surface area (Å²) in [6.07, 6.45) is 0. The lowest BCUT2D eigenvalue weighted by Gasteiger charge is -2.16. The largest absolute Gasteiger partial charge is 0.295 e. The lowest BCUT2D eigenvalue weighted by Crippen LogP contribution is -2.25. The van der Waals surface area contributed by atoms with Gasteiger partial charge in [0.05, 0.1) is 6.54 Å². The third-order valence-corrected chi connectivity index (χ3v) is 3.90. The number of likely N-dealkylation sites (N-methyl/N-ethyl adjacent to an activating group) is 1. The first-order valence-corrected chi connectivity index (χ1v) is 7.44. The van der Waals surface area contributed by atoms with Crippen molar-refractivity contribution in [2.45, 2.75) is 6.54 Å². The van der Waals surface area contributed by atoms with Crippen molar-refractivity contribution in [2.24, 2.45) is 0 Å². The van der Waals surface area contributed by atoms with Gasteiger partial charge in [-0.3, -0.25) is 9.69 Å². The van der Waals surface area contributed by atoms with Gasteiger partial charge in [-0.15, -0.1) is 0 Å². The van der Waals surface area contributed by atoms with E-state index in [9.17, 15) is 4.79 Å². The highest BCUT2D eigenvalue weighted by molar-refractivity contribution is 9.10. The molecule has 104 valence electrons. The van der Waals surface area contributed by atoms with Crippen LogP contribution in [-0.2, 0) is 6.54 Å². The molecule has 0 bridgehead atoms. The Balaban J connectivity index is 1.98. The number of halogens is 2. The molecule has 2 aromatic carbocycles. The van der Waals surface area contributed by atoms with E-state index in [1.807, 2.05) is 60.5 Å². The fraction of sp³-hybridized carbons (Fsp3) is 0.188. The predicted octanol–water partition coefficient (Wildman–Crippen LogP) is 4.42. The number of rotatable bonds is 5. The van der Waals surface area contributed by atoms with Crippen LogP contribution in [0, 0.1) is 0 Å². The number of ketones is 1. The number of carbonyl (C=O) groups excluding carboxylic acids is 1. The maximum absolute atomic E-state index is 12.2. The molecule has 2 aromatic rings. The predicted molar refractivity (Wildman–Crippen MR) is 86.3 cm³/mol. The molecule has 0 aliphatic carbocycles. The van der Waals surface area contributed by atoms with Crippen molar-refractivity contribution in [3.8, 4) is 0 Å². The maximum atomic E-state index is 12.2. The highest BCUT2D eigenvalue weighted by Crippen LogP contribution is 2.17. The van der Waals surface area contributed by atoms with Crippen LogP contribution in [0.1, 0.15) is 15.9 Å². The average molecular weight is 353 g/mol. The summed E-state index contributed by atoms with van der Waals surface area (Å²) in [6.45, 7) is 1.10. The third kappa shape index (κ3) is 4.17. The van der Waals surface area contributed by atoms with Gasteiger partial charge in [-0.25, -0.2) is 0 Å². The van der Waals surface area contributed by atoms with Crippen LogP contribution >= 0.6 is 27.5 Å². The number of carbonyl (C=O) groups is 1. The number of hydrogen-bond acceptors (Lipinski definition) is 2. The smallest absolute Gasteiger partial charge is 0.177 e. The summed E-state index contributed by atoms with van der Waals surface area (Å²) in [6, 6.07) is 15.2. The minimum absolute atomic E-state index is 0.105. The lowest BCUT2D eigenvalue weighted by molar-refractivity contribution is 0.0942. The van der Waals surface area contributed by atoms with Crippen LogP contribution < -0.4 is 0 Å². The van der Waals surface area contributed by atoms with Crippen LogP contribution in [-0.4, -0.2) is 24.3 Å². The zero-order valence-corrected chi connectivity index (χ0v) is 13.5. The Bertz CT molecular complexity index is 598. The Morgan fingerprint density at radius 3 is 2.45 bits per heavy atom. The van der Waals surface area contributed by atoms with Gasteiger partial charge >= 0.3 is 0 Å². The third-order valence-electron chi connectivity index (χ3n) is 2.95. The molecule has 0 aromatic heterocycles. The van der Waals surface area contributed by atoms with Gasteiger partial charge in [-0.1, -0.05) is 57.9 Å². The van der Waals surface area contributed by atoms with Crippen LogP contribution in [0.5, 0.6) is 0 Å². The molecule has 0 atom stereocenters. The lowest BCUT2D eigenvalue weighted by atomic mass is 10.1. The highest BCUT2D eigenvalue weighted by atomic mass is 79.9. The zero-order valence-electron chi connectivity index (χ0n) is 11.1. The van der Waals surface area contributed by atoms with E-state index >= 15 is 0 Å². The normalized spacial score (nSPS) is 10.8. The summed E-state index contributed by atoms with van der Waals surface area (Å²) < 4.78 is 0.838. The Morgan fingerprint density at radius 1 is 1.15 bits per heavy atom. The Hall–Kier alpha value is -1.16. The van der Waals surface area contributed by atoms with Crippen LogP contribution in [0.4, 0.5) is 0 Å². The number of benzene rings is 2. The molecule has 0 heterocycles. The zero-order chi connectivity index (χ0) is 14.5. The first kappa shape index (κ1) is 15.2. The van der Waals surface area contributed by atoms with E-state index in [4.69, 9.17) is 11.6 Å². The van der Waals surface area contributed by atoms with Crippen molar-refractivity contribution in [1.82, 2.24) is 4.90 Å². The average Bonchev–Trinajstić information content (AvgIpc) is 2.41. The molecule has 0 fully saturated rings.